The van der Waals surface area contributed by atoms with Crippen molar-refractivity contribution in [1.82, 2.24) is 14.2 Å². The van der Waals surface area contributed by atoms with Gasteiger partial charge in [-0.05, 0) is 36.6 Å². The van der Waals surface area contributed by atoms with Gasteiger partial charge < -0.3 is 25.5 Å². The molecule has 2 aliphatic rings. The fourth-order valence-electron chi connectivity index (χ4n) is 5.04. The van der Waals surface area contributed by atoms with Gasteiger partial charge in [0.05, 0.1) is 12.2 Å². The van der Waals surface area contributed by atoms with Crippen LogP contribution in [0.15, 0.2) is 57.9 Å². The minimum atomic E-state index is -4.20. The topological polar surface area (TPSA) is 146 Å². The van der Waals surface area contributed by atoms with Gasteiger partial charge in [-0.1, -0.05) is 46.3 Å². The van der Waals surface area contributed by atoms with Gasteiger partial charge in [0.15, 0.2) is 0 Å². The van der Waals surface area contributed by atoms with E-state index in [-0.39, 0.29) is 36.2 Å². The second-order valence-electron chi connectivity index (χ2n) is 9.33. The van der Waals surface area contributed by atoms with Crippen molar-refractivity contribution in [2.75, 3.05) is 32.8 Å². The minimum Gasteiger partial charge on any atom is -0.385 e. The number of piperidine rings is 1. The molecule has 0 bridgehead atoms. The first-order valence-corrected chi connectivity index (χ1v) is 14.1. The zero-order valence-corrected chi connectivity index (χ0v) is 22.3. The first kappa shape index (κ1) is 25.9. The molecule has 5 rings (SSSR count). The Morgan fingerprint density at radius 2 is 1.81 bits per heavy atom. The summed E-state index contributed by atoms with van der Waals surface area (Å²) in [6.07, 6.45) is -0.270. The third-order valence-corrected chi connectivity index (χ3v) is 9.52. The number of H-pyrrole nitrogens is 1. The first-order chi connectivity index (χ1) is 17.6. The minimum absolute atomic E-state index is 0.0232. The number of rotatable bonds is 5. The van der Waals surface area contributed by atoms with E-state index in [1.54, 1.807) is 23.1 Å². The fraction of sp³-hybridized carbons (Fsp3) is 0.360. The summed E-state index contributed by atoms with van der Waals surface area (Å²) in [5.74, 6) is -1.22. The maximum absolute atomic E-state index is 13.8. The van der Waals surface area contributed by atoms with Crippen LogP contribution in [0.25, 0.3) is 10.9 Å². The number of aromatic nitrogens is 1. The molecule has 3 aromatic rings. The summed E-state index contributed by atoms with van der Waals surface area (Å²) in [6.45, 7) is 0.492. The number of sulfonamides is 1. The van der Waals surface area contributed by atoms with E-state index in [9.17, 15) is 23.1 Å². The molecule has 1 aromatic heterocycles. The smallest absolute Gasteiger partial charge is 0.266 e. The van der Waals surface area contributed by atoms with Gasteiger partial charge in [-0.25, -0.2) is 8.42 Å². The molecule has 2 fully saturated rings. The number of likely N-dealkylation sites (tertiary alicyclic amines) is 1. The Bertz CT molecular complexity index is 1450. The van der Waals surface area contributed by atoms with E-state index in [4.69, 9.17) is 10.5 Å². The number of benzene rings is 2. The molecule has 2 aromatic carbocycles. The number of aliphatic hydroxyl groups is 1. The van der Waals surface area contributed by atoms with Gasteiger partial charge in [-0.15, -0.1) is 0 Å². The van der Waals surface area contributed by atoms with Crippen LogP contribution in [0.3, 0.4) is 0 Å². The van der Waals surface area contributed by atoms with Crippen LogP contribution < -0.4 is 5.73 Å². The van der Waals surface area contributed by atoms with Gasteiger partial charge in [0.2, 0.25) is 10.0 Å². The highest BCUT2D eigenvalue weighted by Crippen LogP contribution is 2.34. The van der Waals surface area contributed by atoms with Crippen molar-refractivity contribution in [3.8, 4) is 0 Å². The summed E-state index contributed by atoms with van der Waals surface area (Å²) in [4.78, 5) is 29.6. The normalized spacial score (nSPS) is 20.7. The summed E-state index contributed by atoms with van der Waals surface area (Å²) in [5.41, 5.74) is 5.54. The Hall–Kier alpha value is -2.77. The standard InChI is InChI=1S/C25H27BrN4O6S/c26-17-6-7-19-18(14-17)22(21(28-19)23(27)31)37(34,35)30-12-13-36-20(15-30)24(32)29-10-8-25(33,9-11-29)16-4-2-1-3-5-16/h1-7,14,20,28,33H,8-13,15H2,(H2,27,31). The predicted octanol–water partition coefficient (Wildman–Crippen LogP) is 1.93. The lowest BCUT2D eigenvalue weighted by Gasteiger charge is -2.40. The zero-order valence-electron chi connectivity index (χ0n) is 19.9. The molecule has 2 amide bonds. The number of carbonyl (C=O) groups is 2. The highest BCUT2D eigenvalue weighted by molar-refractivity contribution is 9.10. The molecule has 1 atom stereocenters. The molecule has 0 saturated carbocycles. The highest BCUT2D eigenvalue weighted by Gasteiger charge is 2.41. The molecule has 3 heterocycles. The summed E-state index contributed by atoms with van der Waals surface area (Å²) in [7, 11) is -4.20. The van der Waals surface area contributed by atoms with Gasteiger partial charge in [0, 0.05) is 41.6 Å². The van der Waals surface area contributed by atoms with Crippen molar-refractivity contribution in [3.05, 3.63) is 64.3 Å². The summed E-state index contributed by atoms with van der Waals surface area (Å²) in [6, 6.07) is 14.3. The van der Waals surface area contributed by atoms with Crippen LogP contribution >= 0.6 is 15.9 Å². The third kappa shape index (κ3) is 4.79. The first-order valence-electron chi connectivity index (χ1n) is 11.9. The van der Waals surface area contributed by atoms with E-state index in [1.807, 2.05) is 30.3 Å². The molecule has 2 saturated heterocycles. The Kier molecular flexibility index (Phi) is 6.88. The lowest BCUT2D eigenvalue weighted by Crippen LogP contribution is -2.55. The molecule has 12 heteroatoms. The van der Waals surface area contributed by atoms with Crippen LogP contribution in [0.5, 0.6) is 0 Å². The Morgan fingerprint density at radius 1 is 1.11 bits per heavy atom. The van der Waals surface area contributed by atoms with E-state index in [1.165, 1.54) is 4.31 Å². The third-order valence-electron chi connectivity index (χ3n) is 7.08. The van der Waals surface area contributed by atoms with E-state index >= 15 is 0 Å². The lowest BCUT2D eigenvalue weighted by atomic mass is 9.84. The van der Waals surface area contributed by atoms with E-state index in [0.29, 0.717) is 41.3 Å². The van der Waals surface area contributed by atoms with Crippen LogP contribution in [0, 0.1) is 0 Å². The molecule has 0 spiro atoms. The molecule has 196 valence electrons. The average Bonchev–Trinajstić information content (AvgIpc) is 3.29. The number of fused-ring (bicyclic) bond motifs is 1. The number of nitrogens with one attached hydrogen (secondary N) is 1. The van der Waals surface area contributed by atoms with Gasteiger partial charge in [0.25, 0.3) is 11.8 Å². The van der Waals surface area contributed by atoms with Crippen LogP contribution in [-0.2, 0) is 25.2 Å². The summed E-state index contributed by atoms with van der Waals surface area (Å²) in [5, 5.41) is 11.4. The zero-order chi connectivity index (χ0) is 26.4. The number of morpholine rings is 1. The fourth-order valence-corrected chi connectivity index (χ4v) is 7.16. The van der Waals surface area contributed by atoms with Crippen molar-refractivity contribution < 1.29 is 27.9 Å². The largest absolute Gasteiger partial charge is 0.385 e. The molecule has 0 aliphatic carbocycles. The van der Waals surface area contributed by atoms with Crippen LogP contribution in [0.1, 0.15) is 28.9 Å². The van der Waals surface area contributed by atoms with Crippen LogP contribution in [0.4, 0.5) is 0 Å². The van der Waals surface area contributed by atoms with Gasteiger partial charge in [0.1, 0.15) is 16.7 Å². The van der Waals surface area contributed by atoms with Crippen molar-refractivity contribution in [1.29, 1.82) is 0 Å². The van der Waals surface area contributed by atoms with Crippen molar-refractivity contribution in [3.63, 3.8) is 0 Å². The molecule has 37 heavy (non-hydrogen) atoms. The van der Waals surface area contributed by atoms with E-state index in [0.717, 1.165) is 5.56 Å². The maximum atomic E-state index is 13.8. The number of amides is 2. The van der Waals surface area contributed by atoms with Crippen LogP contribution in [0.2, 0.25) is 0 Å². The van der Waals surface area contributed by atoms with Crippen LogP contribution in [-0.4, -0.2) is 78.4 Å². The molecule has 4 N–H and O–H groups in total. The van der Waals surface area contributed by atoms with E-state index < -0.39 is 27.6 Å². The second-order valence-corrected chi connectivity index (χ2v) is 12.1. The number of halogens is 1. The predicted molar refractivity (Wildman–Crippen MR) is 139 cm³/mol. The molecular weight excluding hydrogens is 564 g/mol. The molecule has 1 unspecified atom stereocenters. The number of hydrogen-bond donors (Lipinski definition) is 3. The maximum Gasteiger partial charge on any atom is 0.266 e. The molecule has 2 aliphatic heterocycles. The number of nitrogens with two attached hydrogens (primary N) is 1. The number of nitrogens with zero attached hydrogens (tertiary/aromatic N) is 2. The number of carbonyl (C=O) groups excluding carboxylic acids is 2. The van der Waals surface area contributed by atoms with Gasteiger partial charge >= 0.3 is 0 Å². The molecule has 10 nitrogen and oxygen atoms in total. The molecule has 0 radical (unpaired) electrons. The summed E-state index contributed by atoms with van der Waals surface area (Å²) < 4.78 is 35.0. The van der Waals surface area contributed by atoms with Crippen molar-refractivity contribution >= 4 is 48.7 Å². The number of hydrogen-bond acceptors (Lipinski definition) is 6. The number of aromatic amines is 1. The molecular formula is C25H27BrN4O6S. The van der Waals surface area contributed by atoms with Gasteiger partial charge in [-0.2, -0.15) is 4.31 Å². The monoisotopic (exact) mass is 590 g/mol. The Morgan fingerprint density at radius 3 is 2.49 bits per heavy atom. The Balaban J connectivity index is 1.35. The highest BCUT2D eigenvalue weighted by atomic mass is 79.9. The Labute approximate surface area is 222 Å². The quantitative estimate of drug-likeness (QED) is 0.414. The van der Waals surface area contributed by atoms with E-state index in [2.05, 4.69) is 20.9 Å². The SMILES string of the molecule is NC(=O)c1[nH]c2ccc(Br)cc2c1S(=O)(=O)N1CCOC(C(=O)N2CCC(O)(c3ccccc3)CC2)C1. The number of ether oxygens (including phenoxy) is 1. The van der Waals surface area contributed by atoms with Crippen molar-refractivity contribution in [2.24, 2.45) is 5.73 Å². The second kappa shape index (κ2) is 9.84. The summed E-state index contributed by atoms with van der Waals surface area (Å²) >= 11 is 3.34. The van der Waals surface area contributed by atoms with Gasteiger partial charge in [-0.3, -0.25) is 9.59 Å². The number of primary amides is 1. The van der Waals surface area contributed by atoms with Crippen molar-refractivity contribution in [2.45, 2.75) is 29.4 Å². The lowest BCUT2D eigenvalue weighted by molar-refractivity contribution is -0.151. The average molecular weight is 591 g/mol.